The third kappa shape index (κ3) is 7.07. The smallest absolute Gasteiger partial charge is 0.323 e. The number of fused-ring (bicyclic) bond motifs is 2. The summed E-state index contributed by atoms with van der Waals surface area (Å²) in [6.45, 7) is 4.17. The van der Waals surface area contributed by atoms with E-state index in [1.54, 1.807) is 42.0 Å². The number of hydrogen-bond acceptors (Lipinski definition) is 5. The molecule has 0 spiro atoms. The van der Waals surface area contributed by atoms with E-state index in [-0.39, 0.29) is 48.4 Å². The van der Waals surface area contributed by atoms with E-state index in [4.69, 9.17) is 4.74 Å². The number of rotatable bonds is 7. The van der Waals surface area contributed by atoms with Gasteiger partial charge >= 0.3 is 12.1 Å². The van der Waals surface area contributed by atoms with Crippen LogP contribution in [-0.2, 0) is 0 Å². The second kappa shape index (κ2) is 14.0. The average Bonchev–Trinajstić information content (AvgIpc) is 3.03. The number of amides is 5. The van der Waals surface area contributed by atoms with Gasteiger partial charge in [-0.1, -0.05) is 68.7 Å². The number of carbonyl (C=O) groups is 3. The Bertz CT molecular complexity index is 1480. The Morgan fingerprint density at radius 3 is 2.45 bits per heavy atom. The van der Waals surface area contributed by atoms with Gasteiger partial charge in [-0.25, -0.2) is 9.59 Å². The van der Waals surface area contributed by atoms with Crippen LogP contribution < -0.4 is 20.7 Å². The Balaban J connectivity index is 1.41. The first-order chi connectivity index (χ1) is 21.2. The van der Waals surface area contributed by atoms with Crippen molar-refractivity contribution in [2.24, 2.45) is 5.92 Å². The van der Waals surface area contributed by atoms with E-state index >= 15 is 0 Å². The molecular formula is C34H43N5O5. The molecule has 10 heteroatoms. The number of urea groups is 2. The van der Waals surface area contributed by atoms with Gasteiger partial charge in [-0.3, -0.25) is 4.79 Å². The first-order valence-electron chi connectivity index (χ1n) is 15.5. The fourth-order valence-electron chi connectivity index (χ4n) is 6.05. The normalized spacial score (nSPS) is 19.6. The minimum Gasteiger partial charge on any atom is -0.485 e. The number of nitrogens with one attached hydrogen (secondary N) is 3. The van der Waals surface area contributed by atoms with Crippen LogP contribution in [0.4, 0.5) is 21.0 Å². The molecule has 4 N–H and O–H groups in total. The fourth-order valence-corrected chi connectivity index (χ4v) is 6.05. The predicted molar refractivity (Wildman–Crippen MR) is 172 cm³/mol. The number of likely N-dealkylation sites (N-methyl/N-ethyl adjacent to an activating group) is 1. The summed E-state index contributed by atoms with van der Waals surface area (Å²) in [4.78, 5) is 43.5. The van der Waals surface area contributed by atoms with Gasteiger partial charge in [-0.15, -0.1) is 0 Å². The summed E-state index contributed by atoms with van der Waals surface area (Å²) in [5.41, 5.74) is 1.26. The van der Waals surface area contributed by atoms with Crippen molar-refractivity contribution in [3.8, 4) is 5.75 Å². The quantitative estimate of drug-likeness (QED) is 0.278. The molecule has 1 fully saturated rings. The number of carbonyl (C=O) groups excluding carboxylic acids is 3. The molecular weight excluding hydrogens is 558 g/mol. The number of para-hydroxylation sites is 1. The maximum Gasteiger partial charge on any atom is 0.323 e. The summed E-state index contributed by atoms with van der Waals surface area (Å²) in [5.74, 6) is -0.254. The second-order valence-electron chi connectivity index (χ2n) is 12.1. The van der Waals surface area contributed by atoms with Gasteiger partial charge in [0.25, 0.3) is 5.91 Å². The number of ether oxygens (including phenoxy) is 1. The summed E-state index contributed by atoms with van der Waals surface area (Å²) >= 11 is 0. The van der Waals surface area contributed by atoms with Crippen LogP contribution in [0.2, 0.25) is 0 Å². The number of hydrogen-bond donors (Lipinski definition) is 4. The molecule has 0 unspecified atom stereocenters. The number of nitrogens with zero attached hydrogens (tertiary/aromatic N) is 2. The second-order valence-corrected chi connectivity index (χ2v) is 12.1. The lowest BCUT2D eigenvalue weighted by atomic mass is 9.96. The van der Waals surface area contributed by atoms with Gasteiger partial charge in [0.15, 0.2) is 5.75 Å². The molecule has 5 amide bonds. The monoisotopic (exact) mass is 601 g/mol. The molecule has 2 aliphatic rings. The highest BCUT2D eigenvalue weighted by molar-refractivity contribution is 6.08. The van der Waals surface area contributed by atoms with E-state index in [0.29, 0.717) is 17.9 Å². The van der Waals surface area contributed by atoms with Crippen LogP contribution in [0.1, 0.15) is 56.3 Å². The maximum absolute atomic E-state index is 13.8. The Hall–Kier alpha value is -4.31. The lowest BCUT2D eigenvalue weighted by molar-refractivity contribution is 0.0368. The van der Waals surface area contributed by atoms with Gasteiger partial charge in [-0.2, -0.15) is 0 Å². The van der Waals surface area contributed by atoms with Crippen LogP contribution >= 0.6 is 0 Å². The number of aliphatic hydroxyl groups is 1. The van der Waals surface area contributed by atoms with E-state index < -0.39 is 18.2 Å². The van der Waals surface area contributed by atoms with E-state index in [0.717, 1.165) is 36.5 Å². The molecule has 44 heavy (non-hydrogen) atoms. The zero-order valence-corrected chi connectivity index (χ0v) is 25.7. The fraction of sp³-hybridized carbons (Fsp3) is 0.441. The molecule has 0 bridgehead atoms. The molecule has 3 aromatic carbocycles. The van der Waals surface area contributed by atoms with Gasteiger partial charge in [0, 0.05) is 30.9 Å². The summed E-state index contributed by atoms with van der Waals surface area (Å²) in [6.07, 6.45) is 4.90. The first-order valence-corrected chi connectivity index (χ1v) is 15.5. The minimum atomic E-state index is -0.499. The van der Waals surface area contributed by atoms with Crippen molar-refractivity contribution in [3.05, 3.63) is 66.2 Å². The maximum atomic E-state index is 13.8. The van der Waals surface area contributed by atoms with Gasteiger partial charge in [0.05, 0.1) is 36.1 Å². The summed E-state index contributed by atoms with van der Waals surface area (Å²) < 4.78 is 6.57. The van der Waals surface area contributed by atoms with Crippen LogP contribution in [-0.4, -0.2) is 77.8 Å². The van der Waals surface area contributed by atoms with Crippen LogP contribution in [0.25, 0.3) is 10.8 Å². The van der Waals surface area contributed by atoms with Gasteiger partial charge < -0.3 is 35.6 Å². The van der Waals surface area contributed by atoms with Crippen molar-refractivity contribution in [2.45, 2.75) is 64.1 Å². The highest BCUT2D eigenvalue weighted by Crippen LogP contribution is 2.35. The average molecular weight is 602 g/mol. The van der Waals surface area contributed by atoms with Gasteiger partial charge in [-0.05, 0) is 43.4 Å². The number of anilines is 2. The Morgan fingerprint density at radius 1 is 1.00 bits per heavy atom. The third-order valence-electron chi connectivity index (χ3n) is 8.71. The van der Waals surface area contributed by atoms with E-state index in [1.807, 2.05) is 49.4 Å². The summed E-state index contributed by atoms with van der Waals surface area (Å²) in [7, 11) is 1.75. The van der Waals surface area contributed by atoms with Gasteiger partial charge in [0.1, 0.15) is 6.10 Å². The van der Waals surface area contributed by atoms with Crippen molar-refractivity contribution in [1.82, 2.24) is 15.1 Å². The molecule has 0 radical (unpaired) electrons. The first kappa shape index (κ1) is 31.1. The minimum absolute atomic E-state index is 0.160. The van der Waals surface area contributed by atoms with E-state index in [1.165, 1.54) is 6.42 Å². The van der Waals surface area contributed by atoms with Gasteiger partial charge in [0.2, 0.25) is 0 Å². The van der Waals surface area contributed by atoms with Crippen LogP contribution in [0.15, 0.2) is 60.7 Å². The molecule has 0 saturated heterocycles. The van der Waals surface area contributed by atoms with Crippen LogP contribution in [0, 0.1) is 5.92 Å². The number of benzene rings is 3. The molecule has 3 aromatic rings. The van der Waals surface area contributed by atoms with Crippen LogP contribution in [0.3, 0.4) is 0 Å². The van der Waals surface area contributed by atoms with Crippen molar-refractivity contribution in [3.63, 3.8) is 0 Å². The van der Waals surface area contributed by atoms with E-state index in [2.05, 4.69) is 16.0 Å². The van der Waals surface area contributed by atoms with Crippen LogP contribution in [0.5, 0.6) is 5.75 Å². The predicted octanol–water partition coefficient (Wildman–Crippen LogP) is 5.68. The largest absolute Gasteiger partial charge is 0.485 e. The molecule has 10 nitrogen and oxygen atoms in total. The highest BCUT2D eigenvalue weighted by atomic mass is 16.5. The molecule has 234 valence electrons. The molecule has 1 heterocycles. The topological polar surface area (TPSA) is 123 Å². The SMILES string of the molecule is C[C@@H]1CN([C@H](C)CO)C(=O)c2cccc(NC(=O)Nc3cccc4ccccc34)c2O[C@@H]1CN(C)C(=O)NC1CCCCC1. The molecule has 1 aliphatic carbocycles. The molecule has 1 aliphatic heterocycles. The summed E-state index contributed by atoms with van der Waals surface area (Å²) in [6, 6.07) is 17.6. The molecule has 3 atom stereocenters. The number of aliphatic hydroxyl groups excluding tert-OH is 1. The lowest BCUT2D eigenvalue weighted by Crippen LogP contribution is -2.52. The molecule has 0 aromatic heterocycles. The van der Waals surface area contributed by atoms with Crippen molar-refractivity contribution in [2.75, 3.05) is 37.4 Å². The highest BCUT2D eigenvalue weighted by Gasteiger charge is 2.35. The zero-order chi connectivity index (χ0) is 31.2. The third-order valence-corrected chi connectivity index (χ3v) is 8.71. The van der Waals surface area contributed by atoms with Crippen molar-refractivity contribution < 1.29 is 24.2 Å². The van der Waals surface area contributed by atoms with E-state index in [9.17, 15) is 19.5 Å². The Labute approximate surface area is 258 Å². The molecule has 1 saturated carbocycles. The Kier molecular flexibility index (Phi) is 9.89. The van der Waals surface area contributed by atoms with Crippen molar-refractivity contribution in [1.29, 1.82) is 0 Å². The van der Waals surface area contributed by atoms with Crippen molar-refractivity contribution >= 4 is 40.1 Å². The lowest BCUT2D eigenvalue weighted by Gasteiger charge is -2.38. The standard InChI is InChI=1S/C34H43N5O5/c1-22-19-39(23(2)21-40)32(41)27-16-10-18-29(37-33(42)36-28-17-9-12-24-11-7-8-15-26(24)28)31(27)44-30(22)20-38(3)34(43)35-25-13-5-4-6-14-25/h7-12,15-18,22-23,25,30,40H,4-6,13-14,19-21H2,1-3H3,(H,35,43)(H2,36,37,42)/t22-,23-,30-/m1/s1. The Morgan fingerprint density at radius 2 is 1.68 bits per heavy atom. The molecule has 5 rings (SSSR count). The summed E-state index contributed by atoms with van der Waals surface area (Å²) in [5, 5.41) is 20.8. The zero-order valence-electron chi connectivity index (χ0n) is 25.7.